The molecule has 1 heterocycles. The van der Waals surface area contributed by atoms with E-state index in [1.165, 1.54) is 25.3 Å². The summed E-state index contributed by atoms with van der Waals surface area (Å²) < 4.78 is 39.0. The van der Waals surface area contributed by atoms with Crippen LogP contribution in [0.1, 0.15) is 21.6 Å². The van der Waals surface area contributed by atoms with Crippen LogP contribution >= 0.6 is 0 Å². The molecule has 0 spiro atoms. The lowest BCUT2D eigenvalue weighted by Gasteiger charge is -2.08. The number of hydrogen-bond acceptors (Lipinski definition) is 3. The molecule has 6 nitrogen and oxygen atoms in total. The zero-order valence-corrected chi connectivity index (χ0v) is 11.9. The Balaban J connectivity index is 2.22. The molecule has 0 radical (unpaired) electrons. The number of aromatic nitrogens is 1. The number of benzene rings is 1. The van der Waals surface area contributed by atoms with Crippen molar-refractivity contribution in [2.75, 3.05) is 4.72 Å². The Morgan fingerprint density at radius 3 is 2.52 bits per heavy atom. The van der Waals surface area contributed by atoms with E-state index >= 15 is 0 Å². The molecule has 0 aliphatic rings. The van der Waals surface area contributed by atoms with E-state index in [0.29, 0.717) is 11.3 Å². The summed E-state index contributed by atoms with van der Waals surface area (Å²) in [6.07, 6.45) is 1.28. The van der Waals surface area contributed by atoms with Crippen molar-refractivity contribution >= 4 is 21.7 Å². The number of aryl methyl sites for hydroxylation is 1. The molecule has 0 saturated heterocycles. The summed E-state index contributed by atoms with van der Waals surface area (Å²) >= 11 is 0. The first-order chi connectivity index (χ1) is 9.78. The molecule has 0 saturated carbocycles. The number of anilines is 1. The number of H-pyrrole nitrogens is 1. The number of carboxylic acids is 1. The van der Waals surface area contributed by atoms with Crippen LogP contribution in [0.2, 0.25) is 0 Å². The molecule has 1 aromatic carbocycles. The summed E-state index contributed by atoms with van der Waals surface area (Å²) in [5.74, 6) is -2.07. The van der Waals surface area contributed by atoms with Crippen LogP contribution in [0.3, 0.4) is 0 Å². The Hall–Kier alpha value is -2.35. The maximum absolute atomic E-state index is 12.8. The zero-order chi connectivity index (χ0) is 15.6. The zero-order valence-electron chi connectivity index (χ0n) is 11.1. The van der Waals surface area contributed by atoms with E-state index < -0.39 is 21.8 Å². The van der Waals surface area contributed by atoms with Gasteiger partial charge in [0, 0.05) is 11.9 Å². The van der Waals surface area contributed by atoms with Crippen molar-refractivity contribution in [2.24, 2.45) is 0 Å². The lowest BCUT2D eigenvalue weighted by Crippen LogP contribution is -2.16. The van der Waals surface area contributed by atoms with Crippen LogP contribution in [0.5, 0.6) is 0 Å². The van der Waals surface area contributed by atoms with Crippen molar-refractivity contribution in [3.05, 3.63) is 53.1 Å². The summed E-state index contributed by atoms with van der Waals surface area (Å²) in [6.45, 7) is 1.53. The third-order valence-electron chi connectivity index (χ3n) is 2.83. The summed E-state index contributed by atoms with van der Waals surface area (Å²) in [5.41, 5.74) is 0.592. The quantitative estimate of drug-likeness (QED) is 0.787. The first-order valence-corrected chi connectivity index (χ1v) is 7.60. The average molecular weight is 312 g/mol. The smallest absolute Gasteiger partial charge is 0.339 e. The van der Waals surface area contributed by atoms with E-state index in [2.05, 4.69) is 9.71 Å². The van der Waals surface area contributed by atoms with Gasteiger partial charge in [0.2, 0.25) is 10.0 Å². The van der Waals surface area contributed by atoms with Gasteiger partial charge in [-0.2, -0.15) is 0 Å². The minimum Gasteiger partial charge on any atom is -0.478 e. The Labute approximate surface area is 120 Å². The standard InChI is InChI=1S/C13H13FN2O4S/c1-8-12(13(17)18)11(6-15-8)16-21(19,20)7-9-2-4-10(14)5-3-9/h2-6,15-16H,7H2,1H3,(H,17,18). The molecule has 2 aromatic rings. The van der Waals surface area contributed by atoms with Crippen molar-refractivity contribution in [3.63, 3.8) is 0 Å². The highest BCUT2D eigenvalue weighted by Gasteiger charge is 2.20. The van der Waals surface area contributed by atoms with Gasteiger partial charge in [0.05, 0.1) is 11.4 Å². The van der Waals surface area contributed by atoms with Crippen molar-refractivity contribution in [1.82, 2.24) is 4.98 Å². The second kappa shape index (κ2) is 5.57. The van der Waals surface area contributed by atoms with Gasteiger partial charge >= 0.3 is 5.97 Å². The third kappa shape index (κ3) is 3.60. The summed E-state index contributed by atoms with van der Waals surface area (Å²) in [5, 5.41) is 9.06. The molecule has 0 amide bonds. The SMILES string of the molecule is Cc1[nH]cc(NS(=O)(=O)Cc2ccc(F)cc2)c1C(=O)O. The number of carbonyl (C=O) groups is 1. The van der Waals surface area contributed by atoms with Crippen LogP contribution in [0, 0.1) is 12.7 Å². The number of rotatable bonds is 5. The monoisotopic (exact) mass is 312 g/mol. The summed E-state index contributed by atoms with van der Waals surface area (Å²) in [6, 6.07) is 5.03. The van der Waals surface area contributed by atoms with Gasteiger partial charge in [0.1, 0.15) is 11.4 Å². The van der Waals surface area contributed by atoms with Gasteiger partial charge in [0.25, 0.3) is 0 Å². The minimum absolute atomic E-state index is 0.0258. The highest BCUT2D eigenvalue weighted by atomic mass is 32.2. The number of hydrogen-bond donors (Lipinski definition) is 3. The van der Waals surface area contributed by atoms with E-state index in [1.54, 1.807) is 0 Å². The fourth-order valence-corrected chi connectivity index (χ4v) is 3.09. The Bertz CT molecular complexity index is 766. The van der Waals surface area contributed by atoms with Gasteiger partial charge < -0.3 is 10.1 Å². The van der Waals surface area contributed by atoms with E-state index in [9.17, 15) is 17.6 Å². The molecule has 0 atom stereocenters. The first kappa shape index (κ1) is 15.0. The van der Waals surface area contributed by atoms with Gasteiger partial charge in [-0.3, -0.25) is 4.72 Å². The van der Waals surface area contributed by atoms with E-state index in [1.807, 2.05) is 0 Å². The molecule has 0 fully saturated rings. The molecule has 8 heteroatoms. The van der Waals surface area contributed by atoms with E-state index in [0.717, 1.165) is 12.1 Å². The van der Waals surface area contributed by atoms with Crippen LogP contribution in [0.4, 0.5) is 10.1 Å². The molecule has 3 N–H and O–H groups in total. The second-order valence-electron chi connectivity index (χ2n) is 4.50. The van der Waals surface area contributed by atoms with Crippen LogP contribution in [-0.4, -0.2) is 24.5 Å². The Kier molecular flexibility index (Phi) is 3.99. The minimum atomic E-state index is -3.80. The Morgan fingerprint density at radius 1 is 1.33 bits per heavy atom. The molecular weight excluding hydrogens is 299 g/mol. The van der Waals surface area contributed by atoms with Gasteiger partial charge in [-0.1, -0.05) is 12.1 Å². The van der Waals surface area contributed by atoms with Crippen LogP contribution in [0.15, 0.2) is 30.5 Å². The fourth-order valence-electron chi connectivity index (χ4n) is 1.89. The average Bonchev–Trinajstić information content (AvgIpc) is 2.72. The number of sulfonamides is 1. The van der Waals surface area contributed by atoms with Gasteiger partial charge in [-0.15, -0.1) is 0 Å². The maximum Gasteiger partial charge on any atom is 0.339 e. The molecule has 0 bridgehead atoms. The van der Waals surface area contributed by atoms with Crippen molar-refractivity contribution < 1.29 is 22.7 Å². The molecule has 2 rings (SSSR count). The van der Waals surface area contributed by atoms with Gasteiger partial charge in [0.15, 0.2) is 0 Å². The molecule has 0 aliphatic heterocycles. The van der Waals surface area contributed by atoms with Crippen LogP contribution < -0.4 is 4.72 Å². The van der Waals surface area contributed by atoms with Crippen molar-refractivity contribution in [2.45, 2.75) is 12.7 Å². The van der Waals surface area contributed by atoms with E-state index in [-0.39, 0.29) is 17.0 Å². The number of nitrogens with one attached hydrogen (secondary N) is 2. The highest BCUT2D eigenvalue weighted by molar-refractivity contribution is 7.91. The molecular formula is C13H13FN2O4S. The van der Waals surface area contributed by atoms with Crippen molar-refractivity contribution in [3.8, 4) is 0 Å². The van der Waals surface area contributed by atoms with Crippen LogP contribution in [0.25, 0.3) is 0 Å². The number of aromatic carboxylic acids is 1. The summed E-state index contributed by atoms with van der Waals surface area (Å²) in [7, 11) is -3.80. The second-order valence-corrected chi connectivity index (χ2v) is 6.22. The molecule has 21 heavy (non-hydrogen) atoms. The predicted octanol–water partition coefficient (Wildman–Crippen LogP) is 2.10. The van der Waals surface area contributed by atoms with E-state index in [4.69, 9.17) is 5.11 Å². The number of aromatic amines is 1. The first-order valence-electron chi connectivity index (χ1n) is 5.95. The predicted molar refractivity (Wildman–Crippen MR) is 75.1 cm³/mol. The number of carboxylic acid groups (broad SMARTS) is 1. The number of halogens is 1. The van der Waals surface area contributed by atoms with Gasteiger partial charge in [-0.25, -0.2) is 17.6 Å². The Morgan fingerprint density at radius 2 is 1.95 bits per heavy atom. The molecule has 112 valence electrons. The topological polar surface area (TPSA) is 99.3 Å². The fraction of sp³-hybridized carbons (Fsp3) is 0.154. The van der Waals surface area contributed by atoms with Crippen LogP contribution in [-0.2, 0) is 15.8 Å². The molecule has 1 aromatic heterocycles. The largest absolute Gasteiger partial charge is 0.478 e. The normalized spacial score (nSPS) is 11.3. The third-order valence-corrected chi connectivity index (χ3v) is 4.07. The lowest BCUT2D eigenvalue weighted by molar-refractivity contribution is 0.0697. The summed E-state index contributed by atoms with van der Waals surface area (Å²) in [4.78, 5) is 13.7. The molecule has 0 unspecified atom stereocenters. The maximum atomic E-state index is 12.8. The van der Waals surface area contributed by atoms with Crippen molar-refractivity contribution in [1.29, 1.82) is 0 Å². The van der Waals surface area contributed by atoms with Gasteiger partial charge in [-0.05, 0) is 24.6 Å². The molecule has 0 aliphatic carbocycles. The highest BCUT2D eigenvalue weighted by Crippen LogP contribution is 2.21. The lowest BCUT2D eigenvalue weighted by atomic mass is 10.2.